The first-order chi connectivity index (χ1) is 14.7. The molecule has 10 heteroatoms. The average molecular weight is 469 g/mol. The van der Waals surface area contributed by atoms with Crippen molar-refractivity contribution in [2.45, 2.75) is 12.3 Å². The van der Waals surface area contributed by atoms with E-state index in [1.807, 2.05) is 0 Å². The highest BCUT2D eigenvalue weighted by Crippen LogP contribution is 2.34. The Kier molecular flexibility index (Phi) is 6.82. The maximum absolute atomic E-state index is 13.0. The van der Waals surface area contributed by atoms with Crippen LogP contribution in [0.3, 0.4) is 0 Å². The molecule has 3 aromatic rings. The molecule has 1 amide bonds. The Morgan fingerprint density at radius 3 is 2.35 bits per heavy atom. The predicted molar refractivity (Wildman–Crippen MR) is 109 cm³/mol. The number of esters is 1. The van der Waals surface area contributed by atoms with E-state index in [0.717, 1.165) is 12.1 Å². The molecule has 0 fully saturated rings. The number of benzene rings is 2. The fraction of sp³-hybridized carbons (Fsp3) is 0.0952. The molecule has 5 nitrogen and oxygen atoms in total. The Morgan fingerprint density at radius 2 is 1.71 bits per heavy atom. The third kappa shape index (κ3) is 5.53. The zero-order valence-electron chi connectivity index (χ0n) is 15.5. The second-order valence-electron chi connectivity index (χ2n) is 6.22. The fourth-order valence-electron chi connectivity index (χ4n) is 2.61. The quantitative estimate of drug-likeness (QED) is 0.371. The van der Waals surface area contributed by atoms with Crippen LogP contribution in [0.4, 0.5) is 18.9 Å². The zero-order chi connectivity index (χ0) is 22.6. The first-order valence-electron chi connectivity index (χ1n) is 8.71. The molecule has 0 saturated carbocycles. The van der Waals surface area contributed by atoms with E-state index in [-0.39, 0.29) is 27.0 Å². The summed E-state index contributed by atoms with van der Waals surface area (Å²) in [4.78, 5) is 29.2. The van der Waals surface area contributed by atoms with E-state index in [2.05, 4.69) is 10.3 Å². The van der Waals surface area contributed by atoms with Gasteiger partial charge in [0.25, 0.3) is 5.91 Å². The van der Waals surface area contributed by atoms with E-state index in [4.69, 9.17) is 27.9 Å². The monoisotopic (exact) mass is 468 g/mol. The highest BCUT2D eigenvalue weighted by atomic mass is 35.5. The van der Waals surface area contributed by atoms with Gasteiger partial charge in [0.1, 0.15) is 5.15 Å². The molecule has 3 rings (SSSR count). The maximum atomic E-state index is 13.0. The van der Waals surface area contributed by atoms with Gasteiger partial charge in [0, 0.05) is 11.8 Å². The van der Waals surface area contributed by atoms with Gasteiger partial charge in [-0.15, -0.1) is 0 Å². The highest BCUT2D eigenvalue weighted by Gasteiger charge is 2.32. The lowest BCUT2D eigenvalue weighted by Crippen LogP contribution is -2.26. The van der Waals surface area contributed by atoms with Crippen molar-refractivity contribution in [2.75, 3.05) is 5.32 Å². The summed E-state index contributed by atoms with van der Waals surface area (Å²) in [5.41, 5.74) is -1.06. The van der Waals surface area contributed by atoms with Gasteiger partial charge in [-0.3, -0.25) is 4.79 Å². The molecule has 0 saturated heterocycles. The van der Waals surface area contributed by atoms with Crippen molar-refractivity contribution in [3.63, 3.8) is 0 Å². The van der Waals surface area contributed by atoms with Crippen LogP contribution in [0.15, 0.2) is 66.9 Å². The number of alkyl halides is 3. The number of anilines is 1. The van der Waals surface area contributed by atoms with Crippen molar-refractivity contribution in [3.8, 4) is 0 Å². The number of hydrogen-bond donors (Lipinski definition) is 1. The molecular formula is C21H13Cl2F3N2O3. The largest absolute Gasteiger partial charge is 0.444 e. The van der Waals surface area contributed by atoms with Gasteiger partial charge < -0.3 is 10.1 Å². The van der Waals surface area contributed by atoms with Crippen molar-refractivity contribution < 1.29 is 27.5 Å². The molecule has 1 atom stereocenters. The first-order valence-corrected chi connectivity index (χ1v) is 9.46. The van der Waals surface area contributed by atoms with Crippen LogP contribution in [0, 0.1) is 0 Å². The van der Waals surface area contributed by atoms with Crippen molar-refractivity contribution in [2.24, 2.45) is 0 Å². The summed E-state index contributed by atoms with van der Waals surface area (Å²) in [5.74, 6) is -1.84. The summed E-state index contributed by atoms with van der Waals surface area (Å²) in [7, 11) is 0. The lowest BCUT2D eigenvalue weighted by Gasteiger charge is -2.19. The van der Waals surface area contributed by atoms with Gasteiger partial charge >= 0.3 is 12.1 Å². The van der Waals surface area contributed by atoms with Crippen molar-refractivity contribution >= 4 is 40.8 Å². The van der Waals surface area contributed by atoms with Crippen LogP contribution in [0.2, 0.25) is 10.2 Å². The van der Waals surface area contributed by atoms with Gasteiger partial charge in [-0.25, -0.2) is 9.78 Å². The van der Waals surface area contributed by atoms with E-state index < -0.39 is 29.7 Å². The van der Waals surface area contributed by atoms with Crippen LogP contribution in [0.5, 0.6) is 0 Å². The Bertz CT molecular complexity index is 1110. The number of halogens is 5. The molecule has 0 spiro atoms. The number of hydrogen-bond acceptors (Lipinski definition) is 4. The number of pyridine rings is 1. The van der Waals surface area contributed by atoms with Crippen LogP contribution >= 0.6 is 23.2 Å². The maximum Gasteiger partial charge on any atom is 0.416 e. The molecule has 1 unspecified atom stereocenters. The Balaban J connectivity index is 1.91. The van der Waals surface area contributed by atoms with Gasteiger partial charge in [0.05, 0.1) is 21.8 Å². The Labute approximate surface area is 184 Å². The van der Waals surface area contributed by atoms with E-state index in [9.17, 15) is 22.8 Å². The van der Waals surface area contributed by atoms with Crippen molar-refractivity contribution in [3.05, 3.63) is 93.7 Å². The number of aromatic nitrogens is 1. The van der Waals surface area contributed by atoms with Crippen LogP contribution in [-0.4, -0.2) is 16.9 Å². The van der Waals surface area contributed by atoms with Crippen LogP contribution in [-0.2, 0) is 15.7 Å². The summed E-state index contributed by atoms with van der Waals surface area (Å²) < 4.78 is 44.4. The van der Waals surface area contributed by atoms with Gasteiger partial charge in [0.2, 0.25) is 6.10 Å². The van der Waals surface area contributed by atoms with Gasteiger partial charge in [-0.2, -0.15) is 13.2 Å². The second kappa shape index (κ2) is 9.36. The standard InChI is InChI=1S/C21H13Cl2F3N2O3/c22-15-9-8-13(21(24,25)26)11-16(15)28-19(29)17(12-5-2-1-3-6-12)31-20(30)14-7-4-10-27-18(14)23/h1-11,17H,(H,28,29). The smallest absolute Gasteiger partial charge is 0.416 e. The van der Waals surface area contributed by atoms with Crippen LogP contribution < -0.4 is 5.32 Å². The number of nitrogens with one attached hydrogen (secondary N) is 1. The number of rotatable bonds is 5. The summed E-state index contributed by atoms with van der Waals surface area (Å²) in [6, 6.07) is 13.3. The van der Waals surface area contributed by atoms with E-state index in [0.29, 0.717) is 6.07 Å². The lowest BCUT2D eigenvalue weighted by molar-refractivity contribution is -0.137. The summed E-state index contributed by atoms with van der Waals surface area (Å²) in [5, 5.41) is 2.06. The van der Waals surface area contributed by atoms with E-state index in [1.165, 1.54) is 30.5 Å². The van der Waals surface area contributed by atoms with Gasteiger partial charge in [0.15, 0.2) is 0 Å². The molecule has 2 aromatic carbocycles. The zero-order valence-corrected chi connectivity index (χ0v) is 17.0. The second-order valence-corrected chi connectivity index (χ2v) is 6.98. The molecule has 0 radical (unpaired) electrons. The summed E-state index contributed by atoms with van der Waals surface area (Å²) in [6.07, 6.45) is -4.75. The minimum Gasteiger partial charge on any atom is -0.444 e. The third-order valence-electron chi connectivity index (χ3n) is 4.10. The molecule has 31 heavy (non-hydrogen) atoms. The highest BCUT2D eigenvalue weighted by molar-refractivity contribution is 6.34. The Hall–Kier alpha value is -3.10. The molecule has 0 aliphatic heterocycles. The minimum absolute atomic E-state index is 0.0741. The predicted octanol–water partition coefficient (Wildman–Crippen LogP) is 5.94. The van der Waals surface area contributed by atoms with Crippen LogP contribution in [0.1, 0.15) is 27.6 Å². The Morgan fingerprint density at radius 1 is 1.00 bits per heavy atom. The van der Waals surface area contributed by atoms with Gasteiger partial charge in [-0.1, -0.05) is 53.5 Å². The number of amides is 1. The summed E-state index contributed by atoms with van der Waals surface area (Å²) >= 11 is 11.9. The normalized spacial score (nSPS) is 12.2. The molecule has 0 bridgehead atoms. The molecule has 1 heterocycles. The van der Waals surface area contributed by atoms with Gasteiger partial charge in [-0.05, 0) is 30.3 Å². The molecule has 1 N–H and O–H groups in total. The SMILES string of the molecule is O=C(OC(C(=O)Nc1cc(C(F)(F)F)ccc1Cl)c1ccccc1)c1cccnc1Cl. The lowest BCUT2D eigenvalue weighted by atomic mass is 10.1. The number of ether oxygens (including phenoxy) is 1. The molecule has 0 aliphatic rings. The average Bonchev–Trinajstić information content (AvgIpc) is 2.73. The fourth-order valence-corrected chi connectivity index (χ4v) is 2.97. The third-order valence-corrected chi connectivity index (χ3v) is 4.73. The molecular weight excluding hydrogens is 456 g/mol. The molecule has 0 aliphatic carbocycles. The van der Waals surface area contributed by atoms with Crippen molar-refractivity contribution in [1.82, 2.24) is 4.98 Å². The number of carbonyl (C=O) groups excluding carboxylic acids is 2. The summed E-state index contributed by atoms with van der Waals surface area (Å²) in [6.45, 7) is 0. The van der Waals surface area contributed by atoms with Crippen molar-refractivity contribution in [1.29, 1.82) is 0 Å². The molecule has 1 aromatic heterocycles. The van der Waals surface area contributed by atoms with E-state index >= 15 is 0 Å². The number of nitrogens with zero attached hydrogens (tertiary/aromatic N) is 1. The first kappa shape index (κ1) is 22.6. The number of carbonyl (C=O) groups is 2. The van der Waals surface area contributed by atoms with Crippen LogP contribution in [0.25, 0.3) is 0 Å². The van der Waals surface area contributed by atoms with E-state index in [1.54, 1.807) is 18.2 Å². The minimum atomic E-state index is -4.63. The molecule has 160 valence electrons. The topological polar surface area (TPSA) is 68.3 Å².